The fourth-order valence-electron chi connectivity index (χ4n) is 3.17. The van der Waals surface area contributed by atoms with Gasteiger partial charge in [-0.25, -0.2) is 0 Å². The van der Waals surface area contributed by atoms with Crippen LogP contribution in [0.4, 0.5) is 0 Å². The van der Waals surface area contributed by atoms with Crippen molar-refractivity contribution in [3.05, 3.63) is 0 Å². The molecule has 0 bridgehead atoms. The number of hydrogen-bond acceptors (Lipinski definition) is 3. The van der Waals surface area contributed by atoms with E-state index in [1.54, 1.807) is 0 Å². The second kappa shape index (κ2) is 6.71. The van der Waals surface area contributed by atoms with Crippen LogP contribution in [0.25, 0.3) is 0 Å². The molecule has 0 unspecified atom stereocenters. The summed E-state index contributed by atoms with van der Waals surface area (Å²) in [5.41, 5.74) is 0. The summed E-state index contributed by atoms with van der Waals surface area (Å²) in [6, 6.07) is 0.223. The Morgan fingerprint density at radius 3 is 2.95 bits per heavy atom. The standard InChI is InChI=1S/C15H28N2O2/c1-11(14-5-4-6-16-8-14)7-15(18)17-9-13(3)19-10-12(17)2/h11-14,16H,4-10H2,1-3H3/t11-,12+,13+,14+/m0/s1. The third-order valence-corrected chi connectivity index (χ3v) is 4.56. The van der Waals surface area contributed by atoms with Gasteiger partial charge in [-0.3, -0.25) is 4.79 Å². The lowest BCUT2D eigenvalue weighted by Gasteiger charge is -2.38. The van der Waals surface area contributed by atoms with Crippen LogP contribution >= 0.6 is 0 Å². The molecular formula is C15H28N2O2. The molecule has 1 amide bonds. The highest BCUT2D eigenvalue weighted by molar-refractivity contribution is 5.77. The monoisotopic (exact) mass is 268 g/mol. The molecule has 0 aromatic carbocycles. The van der Waals surface area contributed by atoms with Crippen LogP contribution in [0.3, 0.4) is 0 Å². The number of rotatable bonds is 3. The number of nitrogens with zero attached hydrogens (tertiary/aromatic N) is 1. The normalized spacial score (nSPS) is 34.1. The number of morpholine rings is 1. The maximum absolute atomic E-state index is 12.5. The lowest BCUT2D eigenvalue weighted by atomic mass is 9.85. The second-order valence-electron chi connectivity index (χ2n) is 6.33. The predicted octanol–water partition coefficient (Wildman–Crippen LogP) is 1.65. The molecule has 2 aliphatic heterocycles. The molecule has 1 N–H and O–H groups in total. The van der Waals surface area contributed by atoms with Gasteiger partial charge >= 0.3 is 0 Å². The summed E-state index contributed by atoms with van der Waals surface area (Å²) in [4.78, 5) is 14.5. The van der Waals surface area contributed by atoms with E-state index in [1.807, 2.05) is 11.8 Å². The van der Waals surface area contributed by atoms with Crippen LogP contribution < -0.4 is 5.32 Å². The summed E-state index contributed by atoms with van der Waals surface area (Å²) in [6.45, 7) is 9.97. The Morgan fingerprint density at radius 1 is 1.47 bits per heavy atom. The fourth-order valence-corrected chi connectivity index (χ4v) is 3.17. The van der Waals surface area contributed by atoms with E-state index >= 15 is 0 Å². The number of amides is 1. The van der Waals surface area contributed by atoms with Gasteiger partial charge in [-0.1, -0.05) is 6.92 Å². The maximum atomic E-state index is 12.5. The Balaban J connectivity index is 1.85. The highest BCUT2D eigenvalue weighted by atomic mass is 16.5. The first-order valence-electron chi connectivity index (χ1n) is 7.69. The minimum absolute atomic E-state index is 0.173. The molecule has 0 spiro atoms. The average molecular weight is 268 g/mol. The van der Waals surface area contributed by atoms with E-state index < -0.39 is 0 Å². The summed E-state index contributed by atoms with van der Waals surface area (Å²) in [7, 11) is 0. The van der Waals surface area contributed by atoms with Crippen LogP contribution in [-0.2, 0) is 9.53 Å². The topological polar surface area (TPSA) is 41.6 Å². The minimum Gasteiger partial charge on any atom is -0.375 e. The van der Waals surface area contributed by atoms with Crippen molar-refractivity contribution in [2.75, 3.05) is 26.2 Å². The van der Waals surface area contributed by atoms with Gasteiger partial charge in [-0.2, -0.15) is 0 Å². The first-order valence-corrected chi connectivity index (χ1v) is 7.69. The molecule has 0 aromatic rings. The SMILES string of the molecule is C[C@@H]1CN(C(=O)C[C@H](C)[C@@H]2CCCNC2)[C@H](C)CO1. The van der Waals surface area contributed by atoms with E-state index in [4.69, 9.17) is 4.74 Å². The van der Waals surface area contributed by atoms with Gasteiger partial charge in [0.1, 0.15) is 0 Å². The van der Waals surface area contributed by atoms with Crippen LogP contribution in [0.2, 0.25) is 0 Å². The molecule has 2 rings (SSSR count). The van der Waals surface area contributed by atoms with E-state index in [-0.39, 0.29) is 12.1 Å². The number of hydrogen-bond donors (Lipinski definition) is 1. The van der Waals surface area contributed by atoms with Gasteiger partial charge < -0.3 is 15.0 Å². The van der Waals surface area contributed by atoms with Crippen molar-refractivity contribution in [2.45, 2.75) is 52.2 Å². The highest BCUT2D eigenvalue weighted by Gasteiger charge is 2.30. The van der Waals surface area contributed by atoms with Gasteiger partial charge in [0, 0.05) is 13.0 Å². The number of carbonyl (C=O) groups is 1. The van der Waals surface area contributed by atoms with Crippen LogP contribution in [0.5, 0.6) is 0 Å². The highest BCUT2D eigenvalue weighted by Crippen LogP contribution is 2.24. The molecular weight excluding hydrogens is 240 g/mol. The molecule has 2 heterocycles. The third-order valence-electron chi connectivity index (χ3n) is 4.56. The summed E-state index contributed by atoms with van der Waals surface area (Å²) in [6.07, 6.45) is 3.36. The molecule has 0 aromatic heterocycles. The van der Waals surface area contributed by atoms with E-state index in [2.05, 4.69) is 19.2 Å². The number of nitrogens with one attached hydrogen (secondary N) is 1. The first-order chi connectivity index (χ1) is 9.08. The van der Waals surface area contributed by atoms with Crippen molar-refractivity contribution >= 4 is 5.91 Å². The molecule has 110 valence electrons. The summed E-state index contributed by atoms with van der Waals surface area (Å²) < 4.78 is 5.59. The molecule has 19 heavy (non-hydrogen) atoms. The molecule has 0 aliphatic carbocycles. The van der Waals surface area contributed by atoms with Crippen LogP contribution in [0.1, 0.15) is 40.0 Å². The Kier molecular flexibility index (Phi) is 5.22. The average Bonchev–Trinajstić information content (AvgIpc) is 2.42. The van der Waals surface area contributed by atoms with Gasteiger partial charge in [0.05, 0.1) is 18.8 Å². The van der Waals surface area contributed by atoms with Crippen molar-refractivity contribution in [1.29, 1.82) is 0 Å². The van der Waals surface area contributed by atoms with E-state index in [0.29, 0.717) is 30.8 Å². The zero-order chi connectivity index (χ0) is 13.8. The molecule has 4 atom stereocenters. The van der Waals surface area contributed by atoms with Crippen LogP contribution in [-0.4, -0.2) is 49.2 Å². The zero-order valence-electron chi connectivity index (χ0n) is 12.5. The predicted molar refractivity (Wildman–Crippen MR) is 76.0 cm³/mol. The molecule has 0 radical (unpaired) electrons. The van der Waals surface area contributed by atoms with Gasteiger partial charge in [-0.05, 0) is 51.6 Å². The molecule has 2 fully saturated rings. The summed E-state index contributed by atoms with van der Waals surface area (Å²) in [5.74, 6) is 1.44. The number of carbonyl (C=O) groups excluding carboxylic acids is 1. The Labute approximate surface area is 116 Å². The lowest BCUT2D eigenvalue weighted by molar-refractivity contribution is -0.144. The van der Waals surface area contributed by atoms with Crippen LogP contribution in [0.15, 0.2) is 0 Å². The Bertz CT molecular complexity index is 303. The molecule has 0 saturated carbocycles. The van der Waals surface area contributed by atoms with E-state index in [9.17, 15) is 4.79 Å². The molecule has 4 nitrogen and oxygen atoms in total. The molecule has 4 heteroatoms. The third kappa shape index (κ3) is 3.93. The maximum Gasteiger partial charge on any atom is 0.223 e. The van der Waals surface area contributed by atoms with Crippen molar-refractivity contribution in [3.8, 4) is 0 Å². The van der Waals surface area contributed by atoms with Crippen molar-refractivity contribution in [2.24, 2.45) is 11.8 Å². The Hall–Kier alpha value is -0.610. The van der Waals surface area contributed by atoms with Gasteiger partial charge in [0.25, 0.3) is 0 Å². The minimum atomic E-state index is 0.173. The fraction of sp³-hybridized carbons (Fsp3) is 0.933. The summed E-state index contributed by atoms with van der Waals surface area (Å²) in [5, 5.41) is 3.44. The van der Waals surface area contributed by atoms with Gasteiger partial charge in [0.2, 0.25) is 5.91 Å². The number of piperidine rings is 1. The van der Waals surface area contributed by atoms with Crippen LogP contribution in [0, 0.1) is 11.8 Å². The first kappa shape index (κ1) is 14.8. The van der Waals surface area contributed by atoms with Gasteiger partial charge in [0.15, 0.2) is 0 Å². The van der Waals surface area contributed by atoms with Crippen molar-refractivity contribution in [1.82, 2.24) is 10.2 Å². The quantitative estimate of drug-likeness (QED) is 0.846. The molecule has 2 saturated heterocycles. The second-order valence-corrected chi connectivity index (χ2v) is 6.33. The zero-order valence-corrected chi connectivity index (χ0v) is 12.5. The Morgan fingerprint density at radius 2 is 2.26 bits per heavy atom. The van der Waals surface area contributed by atoms with Gasteiger partial charge in [-0.15, -0.1) is 0 Å². The lowest BCUT2D eigenvalue weighted by Crippen LogP contribution is -2.50. The van der Waals surface area contributed by atoms with Crippen molar-refractivity contribution < 1.29 is 9.53 Å². The van der Waals surface area contributed by atoms with E-state index in [1.165, 1.54) is 12.8 Å². The number of ether oxygens (including phenoxy) is 1. The van der Waals surface area contributed by atoms with E-state index in [0.717, 1.165) is 19.6 Å². The molecule has 2 aliphatic rings. The van der Waals surface area contributed by atoms with Crippen molar-refractivity contribution in [3.63, 3.8) is 0 Å². The smallest absolute Gasteiger partial charge is 0.223 e. The largest absolute Gasteiger partial charge is 0.375 e. The summed E-state index contributed by atoms with van der Waals surface area (Å²) >= 11 is 0.